The second-order valence-electron chi connectivity index (χ2n) is 10.3. The average molecular weight is 857 g/mol. The van der Waals surface area contributed by atoms with Crippen LogP contribution >= 0.6 is 99.4 Å². The molecule has 0 fully saturated rings. The zero-order valence-electron chi connectivity index (χ0n) is 28.6. The largest absolute Gasteiger partial charge is 0.486 e. The van der Waals surface area contributed by atoms with Gasteiger partial charge in [-0.3, -0.25) is 19.2 Å². The van der Waals surface area contributed by atoms with E-state index < -0.39 is 34.7 Å². The van der Waals surface area contributed by atoms with Crippen molar-refractivity contribution < 1.29 is 57.1 Å². The van der Waals surface area contributed by atoms with Crippen LogP contribution in [0.5, 0.6) is 0 Å². The van der Waals surface area contributed by atoms with Crippen LogP contribution in [0.15, 0.2) is 0 Å². The molecule has 0 aliphatic heterocycles. The number of carbonyl (C=O) groups is 4. The summed E-state index contributed by atoms with van der Waals surface area (Å²) in [6, 6.07) is 0. The maximum Gasteiger partial charge on any atom is 0.315 e. The van der Waals surface area contributed by atoms with Gasteiger partial charge < -0.3 is 37.9 Å². The molecular formula is C30H48O12S8. The van der Waals surface area contributed by atoms with Crippen LogP contribution in [0, 0.1) is 10.8 Å². The van der Waals surface area contributed by atoms with Crippen LogP contribution in [0.3, 0.4) is 0 Å². The summed E-state index contributed by atoms with van der Waals surface area (Å²) in [5.74, 6) is -3.30. The number of hydrogen-bond donors (Lipinski definition) is 4. The minimum absolute atomic E-state index is 0.181. The maximum atomic E-state index is 11.4. The van der Waals surface area contributed by atoms with Crippen molar-refractivity contribution in [3.05, 3.63) is 0 Å². The van der Waals surface area contributed by atoms with Gasteiger partial charge in [0, 0.05) is 25.7 Å². The van der Waals surface area contributed by atoms with E-state index in [1.807, 2.05) is 27.7 Å². The van der Waals surface area contributed by atoms with E-state index in [0.29, 0.717) is 45.9 Å². The average Bonchev–Trinajstić information content (AvgIpc) is 3.15. The Morgan fingerprint density at radius 3 is 0.680 bits per heavy atom. The van der Waals surface area contributed by atoms with Gasteiger partial charge in [0.2, 0.25) is 0 Å². The first-order valence-electron chi connectivity index (χ1n) is 15.3. The molecule has 0 rings (SSSR count). The van der Waals surface area contributed by atoms with Gasteiger partial charge in [-0.1, -0.05) is 27.7 Å². The molecule has 0 aliphatic carbocycles. The Hall–Kier alpha value is -1.16. The number of rotatable bonds is 24. The number of hydrogen-bond acceptors (Lipinski definition) is 20. The summed E-state index contributed by atoms with van der Waals surface area (Å²) in [5.41, 5.74) is -1.90. The first-order chi connectivity index (χ1) is 23.6. The first-order valence-corrected chi connectivity index (χ1v) is 19.5. The van der Waals surface area contributed by atoms with Crippen molar-refractivity contribution in [3.8, 4) is 0 Å². The Kier molecular flexibility index (Phi) is 30.9. The van der Waals surface area contributed by atoms with E-state index in [1.54, 1.807) is 0 Å². The molecule has 0 atom stereocenters. The van der Waals surface area contributed by atoms with Gasteiger partial charge >= 0.3 is 23.9 Å². The lowest BCUT2D eigenvalue weighted by molar-refractivity contribution is -0.167. The van der Waals surface area contributed by atoms with Crippen LogP contribution in [0.2, 0.25) is 0 Å². The molecule has 0 aromatic rings. The molecule has 0 bridgehead atoms. The third kappa shape index (κ3) is 24.9. The Morgan fingerprint density at radius 1 is 0.380 bits per heavy atom. The van der Waals surface area contributed by atoms with Gasteiger partial charge in [0.05, 0.1) is 23.0 Å². The fourth-order valence-corrected chi connectivity index (χ4v) is 3.56. The van der Waals surface area contributed by atoms with Crippen LogP contribution in [0.25, 0.3) is 0 Å². The van der Waals surface area contributed by atoms with E-state index in [2.05, 4.69) is 50.5 Å². The molecule has 0 aromatic carbocycles. The molecule has 50 heavy (non-hydrogen) atoms. The van der Waals surface area contributed by atoms with Gasteiger partial charge in [0.15, 0.2) is 20.2 Å². The lowest BCUT2D eigenvalue weighted by Gasteiger charge is -2.33. The highest BCUT2D eigenvalue weighted by atomic mass is 32.1. The maximum absolute atomic E-state index is 11.4. The van der Waals surface area contributed by atoms with E-state index in [-0.39, 0.29) is 75.9 Å². The van der Waals surface area contributed by atoms with Crippen LogP contribution in [0.1, 0.15) is 53.4 Å². The van der Waals surface area contributed by atoms with Crippen LogP contribution in [0.4, 0.5) is 0 Å². The lowest BCUT2D eigenvalue weighted by Crippen LogP contribution is -2.44. The molecule has 0 saturated carbocycles. The number of ether oxygens (including phenoxy) is 8. The predicted molar refractivity (Wildman–Crippen MR) is 219 cm³/mol. The molecule has 0 spiro atoms. The van der Waals surface area contributed by atoms with E-state index in [1.165, 1.54) is 0 Å². The summed E-state index contributed by atoms with van der Waals surface area (Å²) in [5, 5.41) is 2.11. The molecule has 0 radical (unpaired) electrons. The number of esters is 4. The lowest BCUT2D eigenvalue weighted by atomic mass is 9.92. The normalized spacial score (nSPS) is 10.7. The second kappa shape index (κ2) is 30.3. The number of carbonyl (C=O) groups excluding carboxylic acids is 4. The van der Waals surface area contributed by atoms with E-state index in [9.17, 15) is 19.2 Å². The van der Waals surface area contributed by atoms with Gasteiger partial charge in [-0.15, -0.1) is 0 Å². The van der Waals surface area contributed by atoms with Gasteiger partial charge in [-0.05, 0) is 48.9 Å². The molecule has 0 N–H and O–H groups in total. The quantitative estimate of drug-likeness (QED) is 0.0455. The molecular weight excluding hydrogens is 809 g/mol. The smallest absolute Gasteiger partial charge is 0.315 e. The summed E-state index contributed by atoms with van der Waals surface area (Å²) >= 11 is 35.8. The predicted octanol–water partition coefficient (Wildman–Crippen LogP) is 4.85. The van der Waals surface area contributed by atoms with Crippen molar-refractivity contribution in [2.24, 2.45) is 10.8 Å². The number of thiol groups is 4. The van der Waals surface area contributed by atoms with Crippen molar-refractivity contribution >= 4 is 143 Å². The van der Waals surface area contributed by atoms with E-state index in [4.69, 9.17) is 86.8 Å². The van der Waals surface area contributed by atoms with Gasteiger partial charge in [-0.25, -0.2) is 0 Å². The molecule has 0 unspecified atom stereocenters. The summed E-state index contributed by atoms with van der Waals surface area (Å²) in [6.07, 6.45) is 2.62. The van der Waals surface area contributed by atoms with Gasteiger partial charge in [-0.2, -0.15) is 50.5 Å². The molecule has 288 valence electrons. The zero-order valence-corrected chi connectivity index (χ0v) is 35.5. The van der Waals surface area contributed by atoms with Crippen molar-refractivity contribution in [3.63, 3.8) is 0 Å². The molecule has 0 heterocycles. The van der Waals surface area contributed by atoms with E-state index in [0.717, 1.165) is 0 Å². The van der Waals surface area contributed by atoms with Crippen LogP contribution < -0.4 is 0 Å². The van der Waals surface area contributed by atoms with Crippen LogP contribution in [-0.4, -0.2) is 120 Å². The highest BCUT2D eigenvalue weighted by Crippen LogP contribution is 2.24. The summed E-state index contributed by atoms with van der Waals surface area (Å²) < 4.78 is 42.9. The molecule has 0 amide bonds. The summed E-state index contributed by atoms with van der Waals surface area (Å²) in [7, 11) is 0. The second-order valence-corrected chi connectivity index (χ2v) is 13.4. The van der Waals surface area contributed by atoms with Crippen LogP contribution in [-0.2, 0) is 57.1 Å². The van der Waals surface area contributed by atoms with Gasteiger partial charge in [0.25, 0.3) is 0 Å². The molecule has 0 aromatic heterocycles. The van der Waals surface area contributed by atoms with Crippen molar-refractivity contribution in [2.45, 2.75) is 53.4 Å². The van der Waals surface area contributed by atoms with Gasteiger partial charge in [0.1, 0.15) is 63.7 Å². The minimum Gasteiger partial charge on any atom is -0.486 e. The number of thiocarbonyl (C=S) groups is 4. The molecule has 12 nitrogen and oxygen atoms in total. The summed E-state index contributed by atoms with van der Waals surface area (Å²) in [4.78, 5) is 45.5. The fourth-order valence-electron chi connectivity index (χ4n) is 2.96. The first kappa shape index (κ1) is 50.9. The van der Waals surface area contributed by atoms with E-state index >= 15 is 0 Å². The standard InChI is InChI=1S/C17H28O4S4.C13H20O8S4/c1-5-13(22)18-9-17(10-19-14(23)6-2,11-20-15(24)7-3)12-21-16(25)8-4;14-9(1-22)18-5-13(6-19-10(15)2-23,7-20-11(16)3-24)8-21-12(17)4-25/h5-12H2,1-4H3;22-25H,1-8H2. The Labute approximate surface area is 338 Å². The Bertz CT molecular complexity index is 851. The topological polar surface area (TPSA) is 142 Å². The molecule has 0 saturated heterocycles. The minimum atomic E-state index is -1.28. The van der Waals surface area contributed by atoms with Crippen molar-refractivity contribution in [2.75, 3.05) is 75.9 Å². The molecule has 0 aliphatic rings. The van der Waals surface area contributed by atoms with Crippen molar-refractivity contribution in [1.82, 2.24) is 0 Å². The van der Waals surface area contributed by atoms with Crippen molar-refractivity contribution in [1.29, 1.82) is 0 Å². The Balaban J connectivity index is 0. The highest BCUT2D eigenvalue weighted by Gasteiger charge is 2.38. The fraction of sp³-hybridized carbons (Fsp3) is 0.733. The SMILES string of the molecule is CCC(=S)OCC(COC(=S)CC)(COC(=S)CC)COC(=S)CC.O=C(CS)OCC(COC(=O)CS)(COC(=O)CS)COC(=O)CS. The monoisotopic (exact) mass is 856 g/mol. The zero-order chi connectivity index (χ0) is 38.6. The molecule has 20 heteroatoms. The highest BCUT2D eigenvalue weighted by molar-refractivity contribution is 7.81. The summed E-state index contributed by atoms with van der Waals surface area (Å²) in [6.45, 7) is 7.59. The Morgan fingerprint density at radius 2 is 0.540 bits per heavy atom. The third-order valence-electron chi connectivity index (χ3n) is 5.99. The third-order valence-corrected chi connectivity index (χ3v) is 8.64.